The van der Waals surface area contributed by atoms with E-state index in [9.17, 15) is 4.79 Å². The van der Waals surface area contributed by atoms with Crippen molar-refractivity contribution < 1.29 is 9.90 Å². The van der Waals surface area contributed by atoms with Crippen molar-refractivity contribution in [1.29, 1.82) is 0 Å². The molecule has 0 spiro atoms. The lowest BCUT2D eigenvalue weighted by molar-refractivity contribution is -0.133. The highest BCUT2D eigenvalue weighted by Gasteiger charge is 2.04. The summed E-state index contributed by atoms with van der Waals surface area (Å²) in [6.07, 6.45) is 0. The van der Waals surface area contributed by atoms with E-state index in [1.165, 1.54) is 11.8 Å². The molecule has 0 saturated heterocycles. The molecule has 0 bridgehead atoms. The lowest BCUT2D eigenvalue weighted by Gasteiger charge is -2.01. The van der Waals surface area contributed by atoms with Crippen LogP contribution < -0.4 is 0 Å². The van der Waals surface area contributed by atoms with Crippen LogP contribution in [0.1, 0.15) is 0 Å². The van der Waals surface area contributed by atoms with Crippen molar-refractivity contribution in [2.75, 3.05) is 5.75 Å². The maximum atomic E-state index is 10.3. The van der Waals surface area contributed by atoms with E-state index >= 15 is 0 Å². The number of benzene rings is 1. The molecular weight excluding hydrogens is 276 g/mol. The molecule has 0 aromatic heterocycles. The third-order valence-electron chi connectivity index (χ3n) is 1.24. The zero-order valence-corrected chi connectivity index (χ0v) is 9.62. The maximum absolute atomic E-state index is 10.3. The molecule has 70 valence electrons. The minimum Gasteiger partial charge on any atom is -0.481 e. The van der Waals surface area contributed by atoms with Crippen LogP contribution in [0.2, 0.25) is 5.02 Å². The Hall–Kier alpha value is -0.190. The van der Waals surface area contributed by atoms with Crippen molar-refractivity contribution in [2.24, 2.45) is 0 Å². The van der Waals surface area contributed by atoms with E-state index in [1.807, 2.05) is 6.07 Å². The molecule has 2 nitrogen and oxygen atoms in total. The second-order valence-corrected chi connectivity index (χ2v) is 4.60. The van der Waals surface area contributed by atoms with Crippen LogP contribution in [-0.2, 0) is 4.79 Å². The number of carboxylic acids is 1. The molecule has 0 heterocycles. The van der Waals surface area contributed by atoms with Gasteiger partial charge in [0, 0.05) is 9.37 Å². The van der Waals surface area contributed by atoms with E-state index in [2.05, 4.69) is 15.9 Å². The molecule has 1 N–H and O–H groups in total. The summed E-state index contributed by atoms with van der Waals surface area (Å²) in [7, 11) is 0. The van der Waals surface area contributed by atoms with E-state index < -0.39 is 5.97 Å². The largest absolute Gasteiger partial charge is 0.481 e. The lowest BCUT2D eigenvalue weighted by atomic mass is 10.4. The lowest BCUT2D eigenvalue weighted by Crippen LogP contribution is -1.97. The van der Waals surface area contributed by atoms with E-state index in [4.69, 9.17) is 16.7 Å². The topological polar surface area (TPSA) is 37.3 Å². The number of hydrogen-bond donors (Lipinski definition) is 1. The highest BCUT2D eigenvalue weighted by Crippen LogP contribution is 2.29. The van der Waals surface area contributed by atoms with Gasteiger partial charge in [0.25, 0.3) is 0 Å². The summed E-state index contributed by atoms with van der Waals surface area (Å²) >= 11 is 10.3. The maximum Gasteiger partial charge on any atom is 0.313 e. The quantitative estimate of drug-likeness (QED) is 0.864. The second-order valence-electron chi connectivity index (χ2n) is 2.26. The Morgan fingerprint density at radius 3 is 2.92 bits per heavy atom. The van der Waals surface area contributed by atoms with E-state index in [-0.39, 0.29) is 5.75 Å². The second kappa shape index (κ2) is 4.88. The Balaban J connectivity index is 2.75. The number of carbonyl (C=O) groups is 1. The van der Waals surface area contributed by atoms with Crippen LogP contribution in [-0.4, -0.2) is 16.8 Å². The summed E-state index contributed by atoms with van der Waals surface area (Å²) in [4.78, 5) is 11.1. The Kier molecular flexibility index (Phi) is 4.09. The third-order valence-corrected chi connectivity index (χ3v) is 3.22. The third kappa shape index (κ3) is 3.58. The summed E-state index contributed by atoms with van der Waals surface area (Å²) < 4.78 is 0.893. The Bertz CT molecular complexity index is 330. The minimum absolute atomic E-state index is 0.0240. The average Bonchev–Trinajstić information content (AvgIpc) is 2.06. The fourth-order valence-corrected chi connectivity index (χ4v) is 2.22. The molecule has 13 heavy (non-hydrogen) atoms. The summed E-state index contributed by atoms with van der Waals surface area (Å²) in [6, 6.07) is 5.35. The first-order chi connectivity index (χ1) is 6.09. The fourth-order valence-electron chi connectivity index (χ4n) is 0.727. The molecule has 0 atom stereocenters. The summed E-state index contributed by atoms with van der Waals surface area (Å²) in [5, 5.41) is 9.04. The van der Waals surface area contributed by atoms with Crippen LogP contribution in [0.4, 0.5) is 0 Å². The van der Waals surface area contributed by atoms with Crippen molar-refractivity contribution in [3.05, 3.63) is 27.7 Å². The van der Waals surface area contributed by atoms with Crippen LogP contribution in [0.3, 0.4) is 0 Å². The first-order valence-corrected chi connectivity index (χ1v) is 5.55. The molecule has 1 aromatic rings. The van der Waals surface area contributed by atoms with Gasteiger partial charge in [0.2, 0.25) is 0 Å². The van der Waals surface area contributed by atoms with Crippen molar-refractivity contribution >= 4 is 45.3 Å². The number of aliphatic carboxylic acids is 1. The number of halogens is 2. The first-order valence-electron chi connectivity index (χ1n) is 3.39. The molecule has 0 saturated carbocycles. The smallest absolute Gasteiger partial charge is 0.313 e. The van der Waals surface area contributed by atoms with Crippen molar-refractivity contribution in [3.8, 4) is 0 Å². The van der Waals surface area contributed by atoms with Gasteiger partial charge >= 0.3 is 5.97 Å². The molecule has 0 aliphatic rings. The molecule has 0 unspecified atom stereocenters. The van der Waals surface area contributed by atoms with Crippen molar-refractivity contribution in [3.63, 3.8) is 0 Å². The highest BCUT2D eigenvalue weighted by molar-refractivity contribution is 9.10. The Labute approximate surface area is 93.4 Å². The standard InChI is InChI=1S/C8H6BrClO2S/c9-5-1-2-6(10)7(3-5)13-4-8(11)12/h1-3H,4H2,(H,11,12). The van der Waals surface area contributed by atoms with Crippen LogP contribution in [0, 0.1) is 0 Å². The van der Waals surface area contributed by atoms with Gasteiger partial charge in [-0.1, -0.05) is 27.5 Å². The van der Waals surface area contributed by atoms with Crippen molar-refractivity contribution in [1.82, 2.24) is 0 Å². The zero-order valence-electron chi connectivity index (χ0n) is 6.46. The van der Waals surface area contributed by atoms with E-state index in [0.29, 0.717) is 5.02 Å². The Morgan fingerprint density at radius 1 is 1.62 bits per heavy atom. The molecular formula is C8H6BrClO2S. The van der Waals surface area contributed by atoms with E-state index in [0.717, 1.165) is 9.37 Å². The number of hydrogen-bond acceptors (Lipinski definition) is 2. The van der Waals surface area contributed by atoms with Crippen LogP contribution >= 0.6 is 39.3 Å². The summed E-state index contributed by atoms with van der Waals surface area (Å²) in [5.74, 6) is -0.822. The normalized spacial score (nSPS) is 10.0. The van der Waals surface area contributed by atoms with Crippen LogP contribution in [0.15, 0.2) is 27.6 Å². The molecule has 0 aliphatic heterocycles. The number of rotatable bonds is 3. The molecule has 0 amide bonds. The SMILES string of the molecule is O=C(O)CSc1cc(Br)ccc1Cl. The molecule has 0 radical (unpaired) electrons. The van der Waals surface area contributed by atoms with Gasteiger partial charge in [-0.3, -0.25) is 4.79 Å². The Morgan fingerprint density at radius 2 is 2.31 bits per heavy atom. The van der Waals surface area contributed by atoms with Gasteiger partial charge in [-0.05, 0) is 18.2 Å². The fraction of sp³-hybridized carbons (Fsp3) is 0.125. The van der Waals surface area contributed by atoms with Gasteiger partial charge in [0.05, 0.1) is 10.8 Å². The minimum atomic E-state index is -0.846. The summed E-state index contributed by atoms with van der Waals surface area (Å²) in [5.41, 5.74) is 0. The number of carboxylic acid groups (broad SMARTS) is 1. The summed E-state index contributed by atoms with van der Waals surface area (Å²) in [6.45, 7) is 0. The van der Waals surface area contributed by atoms with Gasteiger partial charge in [-0.2, -0.15) is 0 Å². The van der Waals surface area contributed by atoms with Gasteiger partial charge in [0.15, 0.2) is 0 Å². The highest BCUT2D eigenvalue weighted by atomic mass is 79.9. The predicted molar refractivity (Wildman–Crippen MR) is 57.5 cm³/mol. The zero-order chi connectivity index (χ0) is 9.84. The predicted octanol–water partition coefficient (Wildman–Crippen LogP) is 3.28. The van der Waals surface area contributed by atoms with Gasteiger partial charge in [0.1, 0.15) is 0 Å². The molecule has 5 heteroatoms. The van der Waals surface area contributed by atoms with Crippen LogP contribution in [0.25, 0.3) is 0 Å². The van der Waals surface area contributed by atoms with Gasteiger partial charge < -0.3 is 5.11 Å². The molecule has 1 rings (SSSR count). The van der Waals surface area contributed by atoms with E-state index in [1.54, 1.807) is 12.1 Å². The average molecular weight is 282 g/mol. The van der Waals surface area contributed by atoms with Gasteiger partial charge in [-0.15, -0.1) is 11.8 Å². The van der Waals surface area contributed by atoms with Crippen molar-refractivity contribution in [2.45, 2.75) is 4.90 Å². The van der Waals surface area contributed by atoms with Gasteiger partial charge in [-0.25, -0.2) is 0 Å². The van der Waals surface area contributed by atoms with Crippen LogP contribution in [0.5, 0.6) is 0 Å². The number of thioether (sulfide) groups is 1. The first kappa shape index (κ1) is 10.9. The molecule has 0 aliphatic carbocycles. The molecule has 0 fully saturated rings. The molecule has 1 aromatic carbocycles. The monoisotopic (exact) mass is 280 g/mol.